The molecule has 1 N–H and O–H groups in total. The second kappa shape index (κ2) is 6.51. The van der Waals surface area contributed by atoms with Crippen LogP contribution in [-0.4, -0.2) is 21.4 Å². The largest absolute Gasteiger partial charge is 0.325 e. The fourth-order valence-corrected chi connectivity index (χ4v) is 3.49. The predicted molar refractivity (Wildman–Crippen MR) is 80.0 cm³/mol. The highest BCUT2D eigenvalue weighted by molar-refractivity contribution is 8.02. The maximum Gasteiger partial charge on any atom is 0.237 e. The minimum atomic E-state index is -0.517. The van der Waals surface area contributed by atoms with Gasteiger partial charge < -0.3 is 5.32 Å². The van der Waals surface area contributed by atoms with Crippen LogP contribution < -0.4 is 5.32 Å². The van der Waals surface area contributed by atoms with Crippen molar-refractivity contribution >= 4 is 46.3 Å². The quantitative estimate of drug-likeness (QED) is 0.867. The van der Waals surface area contributed by atoms with Crippen molar-refractivity contribution in [3.63, 3.8) is 0 Å². The van der Waals surface area contributed by atoms with Crippen molar-refractivity contribution in [2.75, 3.05) is 5.32 Å². The highest BCUT2D eigenvalue weighted by Gasteiger charge is 2.17. The SMILES string of the molecule is Cc1nnc(SC(C)C(=O)Nc2ccc(F)c(Cl)c2)s1. The topological polar surface area (TPSA) is 54.9 Å². The Balaban J connectivity index is 1.98. The maximum absolute atomic E-state index is 13.0. The molecule has 1 aromatic heterocycles. The number of nitrogens with zero attached hydrogens (tertiary/aromatic N) is 2. The minimum Gasteiger partial charge on any atom is -0.325 e. The Kier molecular flexibility index (Phi) is 4.95. The molecule has 2 aromatic rings. The number of nitrogens with one attached hydrogen (secondary N) is 1. The van der Waals surface area contributed by atoms with Gasteiger partial charge in [0.25, 0.3) is 0 Å². The van der Waals surface area contributed by atoms with Crippen LogP contribution in [0.5, 0.6) is 0 Å². The molecule has 106 valence electrons. The van der Waals surface area contributed by atoms with Crippen LogP contribution in [0.4, 0.5) is 10.1 Å². The summed E-state index contributed by atoms with van der Waals surface area (Å²) in [7, 11) is 0. The van der Waals surface area contributed by atoms with Gasteiger partial charge in [-0.05, 0) is 32.0 Å². The molecule has 0 spiro atoms. The molecule has 2 rings (SSSR count). The second-order valence-electron chi connectivity index (χ2n) is 3.97. The Labute approximate surface area is 128 Å². The molecule has 0 radical (unpaired) electrons. The molecule has 1 unspecified atom stereocenters. The molecule has 1 amide bonds. The van der Waals surface area contributed by atoms with Crippen molar-refractivity contribution in [2.24, 2.45) is 0 Å². The first-order valence-corrected chi connectivity index (χ1v) is 7.76. The van der Waals surface area contributed by atoms with E-state index in [2.05, 4.69) is 15.5 Å². The van der Waals surface area contributed by atoms with E-state index in [9.17, 15) is 9.18 Å². The van der Waals surface area contributed by atoms with Crippen molar-refractivity contribution in [1.82, 2.24) is 10.2 Å². The summed E-state index contributed by atoms with van der Waals surface area (Å²) in [5.41, 5.74) is 0.460. The lowest BCUT2D eigenvalue weighted by Gasteiger charge is -2.10. The molecule has 0 saturated carbocycles. The first kappa shape index (κ1) is 15.2. The normalized spacial score (nSPS) is 12.2. The molecule has 0 saturated heterocycles. The van der Waals surface area contributed by atoms with Gasteiger partial charge in [0.15, 0.2) is 4.34 Å². The summed E-state index contributed by atoms with van der Waals surface area (Å²) in [6.07, 6.45) is 0. The molecular weight excluding hydrogens is 321 g/mol. The molecule has 0 aliphatic heterocycles. The van der Waals surface area contributed by atoms with Crippen LogP contribution in [0.25, 0.3) is 0 Å². The Morgan fingerprint density at radius 1 is 1.50 bits per heavy atom. The Hall–Kier alpha value is -1.18. The Bertz CT molecular complexity index is 635. The van der Waals surface area contributed by atoms with E-state index in [1.165, 1.54) is 41.3 Å². The molecule has 1 aromatic carbocycles. The Morgan fingerprint density at radius 3 is 2.85 bits per heavy atom. The van der Waals surface area contributed by atoms with Crippen molar-refractivity contribution in [3.05, 3.63) is 34.0 Å². The smallest absolute Gasteiger partial charge is 0.237 e. The van der Waals surface area contributed by atoms with Crippen LogP contribution in [0.15, 0.2) is 22.5 Å². The lowest BCUT2D eigenvalue weighted by molar-refractivity contribution is -0.115. The number of aromatic nitrogens is 2. The lowest BCUT2D eigenvalue weighted by atomic mass is 10.3. The zero-order chi connectivity index (χ0) is 14.7. The summed E-state index contributed by atoms with van der Waals surface area (Å²) in [6, 6.07) is 4.05. The van der Waals surface area contributed by atoms with Gasteiger partial charge in [-0.1, -0.05) is 34.7 Å². The summed E-state index contributed by atoms with van der Waals surface area (Å²) in [5, 5.41) is 11.0. The number of aryl methyl sites for hydroxylation is 1. The van der Waals surface area contributed by atoms with E-state index in [1.807, 2.05) is 6.92 Å². The zero-order valence-electron chi connectivity index (χ0n) is 10.7. The van der Waals surface area contributed by atoms with Gasteiger partial charge in [-0.25, -0.2) is 4.39 Å². The van der Waals surface area contributed by atoms with E-state index in [-0.39, 0.29) is 16.2 Å². The monoisotopic (exact) mass is 331 g/mol. The summed E-state index contributed by atoms with van der Waals surface area (Å²) >= 11 is 8.42. The van der Waals surface area contributed by atoms with Crippen molar-refractivity contribution < 1.29 is 9.18 Å². The number of amides is 1. The average molecular weight is 332 g/mol. The molecular formula is C12H11ClFN3OS2. The summed E-state index contributed by atoms with van der Waals surface area (Å²) in [6.45, 7) is 3.62. The van der Waals surface area contributed by atoms with Gasteiger partial charge in [0.1, 0.15) is 10.8 Å². The van der Waals surface area contributed by atoms with Gasteiger partial charge >= 0.3 is 0 Å². The van der Waals surface area contributed by atoms with Crippen LogP contribution in [0.2, 0.25) is 5.02 Å². The summed E-state index contributed by atoms with van der Waals surface area (Å²) < 4.78 is 13.8. The predicted octanol–water partition coefficient (Wildman–Crippen LogP) is 3.76. The van der Waals surface area contributed by atoms with E-state index in [0.717, 1.165) is 9.35 Å². The second-order valence-corrected chi connectivity index (χ2v) is 7.14. The number of hydrogen-bond acceptors (Lipinski definition) is 5. The summed E-state index contributed by atoms with van der Waals surface area (Å²) in [5.74, 6) is -0.720. The third-order valence-electron chi connectivity index (χ3n) is 2.34. The third-order valence-corrected chi connectivity index (χ3v) is 4.65. The van der Waals surface area contributed by atoms with E-state index < -0.39 is 5.82 Å². The Morgan fingerprint density at radius 2 is 2.25 bits per heavy atom. The number of carbonyl (C=O) groups excluding carboxylic acids is 1. The maximum atomic E-state index is 13.0. The van der Waals surface area contributed by atoms with Crippen molar-refractivity contribution in [2.45, 2.75) is 23.4 Å². The highest BCUT2D eigenvalue weighted by atomic mass is 35.5. The number of rotatable bonds is 4. The molecule has 0 bridgehead atoms. The average Bonchev–Trinajstić information content (AvgIpc) is 2.79. The summed E-state index contributed by atoms with van der Waals surface area (Å²) in [4.78, 5) is 12.0. The van der Waals surface area contributed by atoms with E-state index >= 15 is 0 Å². The molecule has 0 aliphatic carbocycles. The van der Waals surface area contributed by atoms with E-state index in [1.54, 1.807) is 6.92 Å². The third kappa shape index (κ3) is 3.91. The molecule has 8 heteroatoms. The van der Waals surface area contributed by atoms with Crippen molar-refractivity contribution in [3.8, 4) is 0 Å². The molecule has 1 atom stereocenters. The zero-order valence-corrected chi connectivity index (χ0v) is 13.1. The van der Waals surface area contributed by atoms with E-state index in [0.29, 0.717) is 5.69 Å². The van der Waals surface area contributed by atoms with Crippen molar-refractivity contribution in [1.29, 1.82) is 0 Å². The minimum absolute atomic E-state index is 0.0251. The standard InChI is InChI=1S/C12H11ClFN3OS2/c1-6(19-12-17-16-7(2)20-12)11(18)15-8-3-4-10(14)9(13)5-8/h3-6H,1-2H3,(H,15,18). The number of anilines is 1. The number of halogens is 2. The number of thioether (sulfide) groups is 1. The van der Waals surface area contributed by atoms with Gasteiger partial charge in [-0.15, -0.1) is 10.2 Å². The molecule has 20 heavy (non-hydrogen) atoms. The first-order chi connectivity index (χ1) is 9.45. The number of carbonyl (C=O) groups is 1. The fraction of sp³-hybridized carbons (Fsp3) is 0.250. The highest BCUT2D eigenvalue weighted by Crippen LogP contribution is 2.27. The van der Waals surface area contributed by atoms with E-state index in [4.69, 9.17) is 11.6 Å². The van der Waals surface area contributed by atoms with Gasteiger partial charge in [0, 0.05) is 5.69 Å². The van der Waals surface area contributed by atoms with Crippen LogP contribution in [-0.2, 0) is 4.79 Å². The van der Waals surface area contributed by atoms with Crippen LogP contribution >= 0.6 is 34.7 Å². The molecule has 0 aliphatic rings. The van der Waals surface area contributed by atoms with Gasteiger partial charge in [0.2, 0.25) is 5.91 Å². The van der Waals surface area contributed by atoms with Gasteiger partial charge in [-0.3, -0.25) is 4.79 Å². The van der Waals surface area contributed by atoms with Crippen LogP contribution in [0, 0.1) is 12.7 Å². The number of benzene rings is 1. The van der Waals surface area contributed by atoms with Gasteiger partial charge in [-0.2, -0.15) is 0 Å². The lowest BCUT2D eigenvalue weighted by Crippen LogP contribution is -2.22. The molecule has 4 nitrogen and oxygen atoms in total. The number of hydrogen-bond donors (Lipinski definition) is 1. The van der Waals surface area contributed by atoms with Gasteiger partial charge in [0.05, 0.1) is 10.3 Å². The fourth-order valence-electron chi connectivity index (χ4n) is 1.35. The first-order valence-electron chi connectivity index (χ1n) is 5.68. The molecule has 1 heterocycles. The van der Waals surface area contributed by atoms with Crippen LogP contribution in [0.3, 0.4) is 0 Å². The van der Waals surface area contributed by atoms with Crippen LogP contribution in [0.1, 0.15) is 11.9 Å². The molecule has 0 fully saturated rings.